The van der Waals surface area contributed by atoms with Crippen molar-refractivity contribution in [2.75, 3.05) is 6.26 Å². The summed E-state index contributed by atoms with van der Waals surface area (Å²) < 4.78 is 27.5. The second-order valence-corrected chi connectivity index (χ2v) is 7.73. The average Bonchev–Trinajstić information content (AvgIpc) is 2.47. The van der Waals surface area contributed by atoms with Crippen LogP contribution in [0.2, 0.25) is 0 Å². The van der Waals surface area contributed by atoms with Gasteiger partial charge in [-0.1, -0.05) is 18.9 Å². The van der Waals surface area contributed by atoms with E-state index in [1.54, 1.807) is 17.8 Å². The molecule has 0 saturated heterocycles. The quantitative estimate of drug-likeness (QED) is 0.860. The summed E-state index contributed by atoms with van der Waals surface area (Å²) in [7, 11) is -3.54. The van der Waals surface area contributed by atoms with Crippen molar-refractivity contribution in [2.24, 2.45) is 5.73 Å². The van der Waals surface area contributed by atoms with E-state index < -0.39 is 10.0 Å². The molecule has 1 aromatic rings. The van der Waals surface area contributed by atoms with E-state index in [1.807, 2.05) is 6.26 Å². The Labute approximate surface area is 124 Å². The van der Waals surface area contributed by atoms with Crippen LogP contribution >= 0.6 is 11.8 Å². The molecule has 0 amide bonds. The molecule has 2 atom stereocenters. The highest BCUT2D eigenvalue weighted by Gasteiger charge is 2.29. The summed E-state index contributed by atoms with van der Waals surface area (Å²) in [5.74, 6) is 0. The maximum atomic E-state index is 12.3. The van der Waals surface area contributed by atoms with Crippen LogP contribution in [-0.2, 0) is 16.6 Å². The molecule has 0 bridgehead atoms. The molecule has 5 nitrogen and oxygen atoms in total. The molecule has 1 saturated carbocycles. The molecule has 0 aliphatic heterocycles. The Morgan fingerprint density at radius 1 is 1.40 bits per heavy atom. The van der Waals surface area contributed by atoms with Gasteiger partial charge in [0.2, 0.25) is 0 Å². The fourth-order valence-corrected chi connectivity index (χ4v) is 4.73. The van der Waals surface area contributed by atoms with Gasteiger partial charge in [0.1, 0.15) is 0 Å². The minimum atomic E-state index is -3.54. The fourth-order valence-electron chi connectivity index (χ4n) is 2.46. The van der Waals surface area contributed by atoms with E-state index in [4.69, 9.17) is 5.73 Å². The van der Waals surface area contributed by atoms with Gasteiger partial charge in [-0.15, -0.1) is 0 Å². The lowest BCUT2D eigenvalue weighted by Gasteiger charge is -2.30. The third kappa shape index (κ3) is 3.72. The van der Waals surface area contributed by atoms with Crippen molar-refractivity contribution in [2.45, 2.75) is 48.5 Å². The molecule has 1 heterocycles. The minimum absolute atomic E-state index is 0.000245. The lowest BCUT2D eigenvalue weighted by Crippen LogP contribution is -2.43. The Kier molecular flexibility index (Phi) is 5.42. The third-order valence-electron chi connectivity index (χ3n) is 3.62. The van der Waals surface area contributed by atoms with Crippen LogP contribution in [0.15, 0.2) is 23.4 Å². The molecule has 0 spiro atoms. The van der Waals surface area contributed by atoms with Gasteiger partial charge in [-0.2, -0.15) is 11.8 Å². The summed E-state index contributed by atoms with van der Waals surface area (Å²) in [5, 5.41) is 0.418. The van der Waals surface area contributed by atoms with Gasteiger partial charge in [-0.05, 0) is 30.7 Å². The van der Waals surface area contributed by atoms with Crippen LogP contribution in [0, 0.1) is 0 Å². The number of sulfonamides is 1. The van der Waals surface area contributed by atoms with Crippen LogP contribution in [0.4, 0.5) is 0 Å². The molecule has 0 radical (unpaired) electrons. The van der Waals surface area contributed by atoms with Crippen LogP contribution < -0.4 is 10.5 Å². The van der Waals surface area contributed by atoms with Crippen LogP contribution in [0.5, 0.6) is 0 Å². The first kappa shape index (κ1) is 15.8. The second kappa shape index (κ2) is 6.89. The first-order valence-corrected chi connectivity index (χ1v) is 9.54. The Balaban J connectivity index is 2.12. The predicted octanol–water partition coefficient (Wildman–Crippen LogP) is 1.49. The van der Waals surface area contributed by atoms with Crippen molar-refractivity contribution in [1.82, 2.24) is 9.71 Å². The van der Waals surface area contributed by atoms with E-state index in [2.05, 4.69) is 9.71 Å². The van der Waals surface area contributed by atoms with Gasteiger partial charge in [0.05, 0.1) is 0 Å². The molecule has 112 valence electrons. The Morgan fingerprint density at radius 3 is 2.75 bits per heavy atom. The molecule has 2 unspecified atom stereocenters. The van der Waals surface area contributed by atoms with Crippen molar-refractivity contribution in [1.29, 1.82) is 0 Å². The van der Waals surface area contributed by atoms with Crippen LogP contribution in [0.1, 0.15) is 31.2 Å². The zero-order valence-electron chi connectivity index (χ0n) is 11.6. The number of nitrogens with one attached hydrogen (secondary N) is 1. The van der Waals surface area contributed by atoms with Gasteiger partial charge in [-0.3, -0.25) is 0 Å². The van der Waals surface area contributed by atoms with Gasteiger partial charge in [0.15, 0.2) is 5.03 Å². The molecule has 1 fully saturated rings. The molecule has 20 heavy (non-hydrogen) atoms. The SMILES string of the molecule is CSC1CCCCC1NS(=O)(=O)c1ccc(CN)cn1. The summed E-state index contributed by atoms with van der Waals surface area (Å²) in [6, 6.07) is 3.22. The van der Waals surface area contributed by atoms with Gasteiger partial charge in [-0.25, -0.2) is 18.1 Å². The highest BCUT2D eigenvalue weighted by atomic mass is 32.2. The summed E-state index contributed by atoms with van der Waals surface area (Å²) in [6.45, 7) is 0.359. The number of nitrogens with two attached hydrogens (primary N) is 1. The minimum Gasteiger partial charge on any atom is -0.326 e. The summed E-state index contributed by atoms with van der Waals surface area (Å²) in [4.78, 5) is 4.00. The molecule has 7 heteroatoms. The summed E-state index contributed by atoms with van der Waals surface area (Å²) in [6.07, 6.45) is 7.75. The largest absolute Gasteiger partial charge is 0.326 e. The molecule has 3 N–H and O–H groups in total. The zero-order chi connectivity index (χ0) is 14.6. The Morgan fingerprint density at radius 2 is 2.15 bits per heavy atom. The number of hydrogen-bond donors (Lipinski definition) is 2. The number of nitrogens with zero attached hydrogens (tertiary/aromatic N) is 1. The third-order valence-corrected chi connectivity index (χ3v) is 6.20. The lowest BCUT2D eigenvalue weighted by atomic mass is 9.96. The van der Waals surface area contributed by atoms with Crippen LogP contribution in [0.25, 0.3) is 0 Å². The Bertz CT molecular complexity index is 531. The first-order chi connectivity index (χ1) is 9.56. The van der Waals surface area contributed by atoms with Crippen LogP contribution in [-0.4, -0.2) is 30.9 Å². The molecular formula is C13H21N3O2S2. The maximum Gasteiger partial charge on any atom is 0.258 e. The van der Waals surface area contributed by atoms with E-state index in [1.165, 1.54) is 18.7 Å². The monoisotopic (exact) mass is 315 g/mol. The summed E-state index contributed by atoms with van der Waals surface area (Å²) in [5.41, 5.74) is 6.31. The van der Waals surface area contributed by atoms with Crippen molar-refractivity contribution < 1.29 is 8.42 Å². The van der Waals surface area contributed by atoms with Crippen molar-refractivity contribution in [3.05, 3.63) is 23.9 Å². The topological polar surface area (TPSA) is 85.1 Å². The van der Waals surface area contributed by atoms with E-state index in [0.717, 1.165) is 24.8 Å². The first-order valence-electron chi connectivity index (χ1n) is 6.77. The fraction of sp³-hybridized carbons (Fsp3) is 0.615. The van der Waals surface area contributed by atoms with Crippen LogP contribution in [0.3, 0.4) is 0 Å². The molecule has 1 aliphatic rings. The van der Waals surface area contributed by atoms with Crippen molar-refractivity contribution >= 4 is 21.8 Å². The molecule has 2 rings (SSSR count). The number of thioether (sulfide) groups is 1. The zero-order valence-corrected chi connectivity index (χ0v) is 13.2. The Hall–Kier alpha value is -0.630. The molecule has 0 aromatic carbocycles. The normalized spacial score (nSPS) is 23.7. The number of hydrogen-bond acceptors (Lipinski definition) is 5. The van der Waals surface area contributed by atoms with Gasteiger partial charge < -0.3 is 5.73 Å². The standard InChI is InChI=1S/C13H21N3O2S2/c1-19-12-5-3-2-4-11(12)16-20(17,18)13-7-6-10(8-14)9-15-13/h6-7,9,11-12,16H,2-5,8,14H2,1H3. The van der Waals surface area contributed by atoms with Crippen molar-refractivity contribution in [3.8, 4) is 0 Å². The van der Waals surface area contributed by atoms with Crippen molar-refractivity contribution in [3.63, 3.8) is 0 Å². The lowest BCUT2D eigenvalue weighted by molar-refractivity contribution is 0.422. The highest BCUT2D eigenvalue weighted by molar-refractivity contribution is 7.99. The number of rotatable bonds is 5. The second-order valence-electron chi connectivity index (χ2n) is 5.00. The number of aromatic nitrogens is 1. The van der Waals surface area contributed by atoms with E-state index >= 15 is 0 Å². The summed E-state index contributed by atoms with van der Waals surface area (Å²) >= 11 is 1.73. The van der Waals surface area contributed by atoms with Gasteiger partial charge in [0, 0.05) is 24.0 Å². The van der Waals surface area contributed by atoms with E-state index in [0.29, 0.717) is 11.8 Å². The van der Waals surface area contributed by atoms with E-state index in [9.17, 15) is 8.42 Å². The molecule has 1 aliphatic carbocycles. The average molecular weight is 315 g/mol. The van der Waals surface area contributed by atoms with Gasteiger partial charge >= 0.3 is 0 Å². The van der Waals surface area contributed by atoms with E-state index in [-0.39, 0.29) is 11.1 Å². The maximum absolute atomic E-state index is 12.3. The number of pyridine rings is 1. The highest BCUT2D eigenvalue weighted by Crippen LogP contribution is 2.28. The van der Waals surface area contributed by atoms with Gasteiger partial charge in [0.25, 0.3) is 10.0 Å². The predicted molar refractivity (Wildman–Crippen MR) is 82.0 cm³/mol. The molecule has 1 aromatic heterocycles. The smallest absolute Gasteiger partial charge is 0.258 e. The molecular weight excluding hydrogens is 294 g/mol.